The molecule has 1 heterocycles. The van der Waals surface area contributed by atoms with Gasteiger partial charge in [-0.15, -0.1) is 5.10 Å². The summed E-state index contributed by atoms with van der Waals surface area (Å²) < 4.78 is 1.68. The number of nitrogens with one attached hydrogen (secondary N) is 1. The SMILES string of the molecule is CC(CO)NCc1nnnn1-c1ccccc1. The van der Waals surface area contributed by atoms with Crippen LogP contribution in [0.5, 0.6) is 0 Å². The number of hydrogen-bond acceptors (Lipinski definition) is 5. The van der Waals surface area contributed by atoms with Crippen molar-refractivity contribution in [2.45, 2.75) is 19.5 Å². The summed E-state index contributed by atoms with van der Waals surface area (Å²) >= 11 is 0. The summed E-state index contributed by atoms with van der Waals surface area (Å²) in [6, 6.07) is 9.72. The number of rotatable bonds is 5. The molecule has 6 heteroatoms. The minimum Gasteiger partial charge on any atom is -0.395 e. The van der Waals surface area contributed by atoms with Gasteiger partial charge in [0.25, 0.3) is 0 Å². The van der Waals surface area contributed by atoms with Gasteiger partial charge in [-0.2, -0.15) is 4.68 Å². The van der Waals surface area contributed by atoms with Gasteiger partial charge in [0.15, 0.2) is 5.82 Å². The Morgan fingerprint density at radius 1 is 1.35 bits per heavy atom. The lowest BCUT2D eigenvalue weighted by atomic mass is 10.3. The van der Waals surface area contributed by atoms with Gasteiger partial charge in [-0.1, -0.05) is 18.2 Å². The standard InChI is InChI=1S/C11H15N5O/c1-9(8-17)12-7-11-13-14-15-16(11)10-5-3-2-4-6-10/h2-6,9,12,17H,7-8H2,1H3. The summed E-state index contributed by atoms with van der Waals surface area (Å²) in [5, 5.41) is 23.6. The molecule has 0 fully saturated rings. The Kier molecular flexibility index (Phi) is 3.79. The molecule has 0 saturated heterocycles. The molecule has 1 aromatic heterocycles. The molecule has 1 unspecified atom stereocenters. The zero-order valence-corrected chi connectivity index (χ0v) is 9.61. The lowest BCUT2D eigenvalue weighted by Crippen LogP contribution is -2.29. The van der Waals surface area contributed by atoms with Crippen molar-refractivity contribution < 1.29 is 5.11 Å². The molecule has 0 radical (unpaired) electrons. The minimum absolute atomic E-state index is 0.0240. The average Bonchev–Trinajstić information content (AvgIpc) is 2.85. The van der Waals surface area contributed by atoms with Crippen LogP contribution < -0.4 is 5.32 Å². The Morgan fingerprint density at radius 3 is 2.82 bits per heavy atom. The van der Waals surface area contributed by atoms with Gasteiger partial charge in [-0.05, 0) is 29.5 Å². The van der Waals surface area contributed by atoms with Crippen molar-refractivity contribution in [3.05, 3.63) is 36.2 Å². The van der Waals surface area contributed by atoms with E-state index in [1.807, 2.05) is 37.3 Å². The van der Waals surface area contributed by atoms with Crippen molar-refractivity contribution in [2.24, 2.45) is 0 Å². The molecule has 2 N–H and O–H groups in total. The highest BCUT2D eigenvalue weighted by molar-refractivity contribution is 5.30. The van der Waals surface area contributed by atoms with E-state index in [2.05, 4.69) is 20.8 Å². The molecule has 2 aromatic rings. The predicted octanol–water partition coefficient (Wildman–Crippen LogP) is 0.133. The van der Waals surface area contributed by atoms with E-state index in [0.29, 0.717) is 6.54 Å². The fourth-order valence-corrected chi connectivity index (χ4v) is 1.42. The second-order valence-corrected chi connectivity index (χ2v) is 3.81. The molecule has 0 bridgehead atoms. The number of hydrogen-bond donors (Lipinski definition) is 2. The van der Waals surface area contributed by atoms with Gasteiger partial charge < -0.3 is 10.4 Å². The number of para-hydroxylation sites is 1. The van der Waals surface area contributed by atoms with E-state index in [9.17, 15) is 0 Å². The van der Waals surface area contributed by atoms with Gasteiger partial charge in [-0.3, -0.25) is 0 Å². The zero-order chi connectivity index (χ0) is 12.1. The molecule has 1 atom stereocenters. The monoisotopic (exact) mass is 233 g/mol. The number of tetrazole rings is 1. The lowest BCUT2D eigenvalue weighted by Gasteiger charge is -2.10. The molecule has 90 valence electrons. The average molecular weight is 233 g/mol. The Balaban J connectivity index is 2.12. The van der Waals surface area contributed by atoms with E-state index in [1.165, 1.54) is 0 Å². The van der Waals surface area contributed by atoms with Crippen molar-refractivity contribution in [1.82, 2.24) is 25.5 Å². The maximum atomic E-state index is 8.93. The fraction of sp³-hybridized carbons (Fsp3) is 0.364. The Bertz CT molecular complexity index is 456. The molecular formula is C11H15N5O. The van der Waals surface area contributed by atoms with Crippen LogP contribution in [-0.2, 0) is 6.54 Å². The van der Waals surface area contributed by atoms with Gasteiger partial charge in [0, 0.05) is 6.04 Å². The van der Waals surface area contributed by atoms with Crippen LogP contribution in [0, 0.1) is 0 Å². The summed E-state index contributed by atoms with van der Waals surface area (Å²) in [5.74, 6) is 0.719. The number of benzene rings is 1. The topological polar surface area (TPSA) is 75.9 Å². The smallest absolute Gasteiger partial charge is 0.170 e. The predicted molar refractivity (Wildman–Crippen MR) is 62.5 cm³/mol. The van der Waals surface area contributed by atoms with Crippen molar-refractivity contribution in [3.63, 3.8) is 0 Å². The van der Waals surface area contributed by atoms with Crippen LogP contribution in [0.4, 0.5) is 0 Å². The van der Waals surface area contributed by atoms with Crippen LogP contribution in [0.3, 0.4) is 0 Å². The van der Waals surface area contributed by atoms with Crippen LogP contribution >= 0.6 is 0 Å². The maximum absolute atomic E-state index is 8.93. The third-order valence-electron chi connectivity index (χ3n) is 2.42. The molecule has 0 aliphatic rings. The van der Waals surface area contributed by atoms with Gasteiger partial charge in [0.1, 0.15) is 0 Å². The first-order valence-electron chi connectivity index (χ1n) is 5.48. The fourth-order valence-electron chi connectivity index (χ4n) is 1.42. The third-order valence-corrected chi connectivity index (χ3v) is 2.42. The Labute approximate surface area is 99.3 Å². The molecular weight excluding hydrogens is 218 g/mol. The Morgan fingerprint density at radius 2 is 2.12 bits per heavy atom. The molecule has 0 saturated carbocycles. The van der Waals surface area contributed by atoms with E-state index >= 15 is 0 Å². The second kappa shape index (κ2) is 5.51. The summed E-state index contributed by atoms with van der Waals surface area (Å²) in [4.78, 5) is 0. The lowest BCUT2D eigenvalue weighted by molar-refractivity contribution is 0.250. The van der Waals surface area contributed by atoms with Crippen molar-refractivity contribution >= 4 is 0 Å². The van der Waals surface area contributed by atoms with E-state index < -0.39 is 0 Å². The normalized spacial score (nSPS) is 12.6. The molecule has 17 heavy (non-hydrogen) atoms. The van der Waals surface area contributed by atoms with Crippen LogP contribution in [0.2, 0.25) is 0 Å². The van der Waals surface area contributed by atoms with Crippen LogP contribution in [0.1, 0.15) is 12.7 Å². The van der Waals surface area contributed by atoms with Gasteiger partial charge >= 0.3 is 0 Å². The quantitative estimate of drug-likeness (QED) is 0.768. The highest BCUT2D eigenvalue weighted by atomic mass is 16.3. The first-order valence-corrected chi connectivity index (χ1v) is 5.48. The summed E-state index contributed by atoms with van der Waals surface area (Å²) in [6.07, 6.45) is 0. The van der Waals surface area contributed by atoms with Crippen LogP contribution in [0.15, 0.2) is 30.3 Å². The number of aromatic nitrogens is 4. The minimum atomic E-state index is 0.0240. The maximum Gasteiger partial charge on any atom is 0.170 e. The highest BCUT2D eigenvalue weighted by Crippen LogP contribution is 2.06. The molecule has 6 nitrogen and oxygen atoms in total. The molecule has 2 rings (SSSR count). The molecule has 0 aliphatic carbocycles. The number of nitrogens with zero attached hydrogens (tertiary/aromatic N) is 4. The largest absolute Gasteiger partial charge is 0.395 e. The molecule has 0 spiro atoms. The Hall–Kier alpha value is -1.79. The molecule has 1 aromatic carbocycles. The van der Waals surface area contributed by atoms with Crippen molar-refractivity contribution in [2.75, 3.05) is 6.61 Å². The molecule has 0 aliphatic heterocycles. The van der Waals surface area contributed by atoms with Crippen molar-refractivity contribution in [1.29, 1.82) is 0 Å². The van der Waals surface area contributed by atoms with E-state index in [4.69, 9.17) is 5.11 Å². The first-order chi connectivity index (χ1) is 8.31. The van der Waals surface area contributed by atoms with E-state index in [0.717, 1.165) is 11.5 Å². The molecule has 0 amide bonds. The highest BCUT2D eigenvalue weighted by Gasteiger charge is 2.08. The number of aliphatic hydroxyl groups excluding tert-OH is 1. The summed E-state index contributed by atoms with van der Waals surface area (Å²) in [5.41, 5.74) is 0.922. The number of aliphatic hydroxyl groups is 1. The van der Waals surface area contributed by atoms with E-state index in [-0.39, 0.29) is 12.6 Å². The zero-order valence-electron chi connectivity index (χ0n) is 9.61. The third kappa shape index (κ3) is 2.86. The summed E-state index contributed by atoms with van der Waals surface area (Å²) in [7, 11) is 0. The second-order valence-electron chi connectivity index (χ2n) is 3.81. The van der Waals surface area contributed by atoms with Crippen molar-refractivity contribution in [3.8, 4) is 5.69 Å². The van der Waals surface area contributed by atoms with Crippen LogP contribution in [0.25, 0.3) is 5.69 Å². The summed E-state index contributed by atoms with van der Waals surface area (Å²) in [6.45, 7) is 2.51. The van der Waals surface area contributed by atoms with Gasteiger partial charge in [0.2, 0.25) is 0 Å². The van der Waals surface area contributed by atoms with Gasteiger partial charge in [0.05, 0.1) is 18.8 Å². The van der Waals surface area contributed by atoms with Crippen LogP contribution in [-0.4, -0.2) is 38.0 Å². The first kappa shape index (κ1) is 11.7. The van der Waals surface area contributed by atoms with Gasteiger partial charge in [-0.25, -0.2) is 0 Å². The van der Waals surface area contributed by atoms with E-state index in [1.54, 1.807) is 4.68 Å².